The highest BCUT2D eigenvalue weighted by atomic mass is 16.5. The predicted molar refractivity (Wildman–Crippen MR) is 148 cm³/mol. The van der Waals surface area contributed by atoms with Crippen LogP contribution in [-0.4, -0.2) is 97.2 Å². The lowest BCUT2D eigenvalue weighted by Gasteiger charge is -2.01. The number of carbonyl (C=O) groups excluding carboxylic acids is 4. The van der Waals surface area contributed by atoms with E-state index >= 15 is 0 Å². The maximum Gasteiger partial charge on any atom is 0.0701 e. The second-order valence-corrected chi connectivity index (χ2v) is 7.80. The van der Waals surface area contributed by atoms with Gasteiger partial charge in [0.1, 0.15) is 0 Å². The van der Waals surface area contributed by atoms with Gasteiger partial charge in [0.2, 0.25) is 0 Å². The Hall–Kier alpha value is -3.40. The zero-order valence-corrected chi connectivity index (χ0v) is 25.2. The summed E-state index contributed by atoms with van der Waals surface area (Å²) in [4.78, 5) is 38.0. The average Bonchev–Trinajstić information content (AvgIpc) is 2.90. The number of ether oxygens (including phenoxy) is 2. The maximum atomic E-state index is 9.49. The molecule has 14 nitrogen and oxygen atoms in total. The van der Waals surface area contributed by atoms with E-state index in [2.05, 4.69) is 26.3 Å². The first-order valence-electron chi connectivity index (χ1n) is 12.5. The molecule has 0 aromatic heterocycles. The highest BCUT2D eigenvalue weighted by Crippen LogP contribution is 1.96. The smallest absolute Gasteiger partial charge is 0.0701 e. The van der Waals surface area contributed by atoms with Crippen LogP contribution >= 0.6 is 0 Å². The molecule has 0 radical (unpaired) electrons. The van der Waals surface area contributed by atoms with E-state index in [9.17, 15) is 39.6 Å². The fraction of sp³-hybridized carbons (Fsp3) is 0.571. The van der Waals surface area contributed by atoms with Crippen molar-refractivity contribution in [1.29, 1.82) is 0 Å². The molecule has 0 saturated heterocycles. The van der Waals surface area contributed by atoms with Crippen molar-refractivity contribution in [3.05, 3.63) is 48.6 Å². The van der Waals surface area contributed by atoms with Gasteiger partial charge in [-0.3, -0.25) is 0 Å². The third kappa shape index (κ3) is 76.6. The first-order chi connectivity index (χ1) is 19.4. The second kappa shape index (κ2) is 42.1. The number of rotatable bonds is 16. The lowest BCUT2D eigenvalue weighted by Crippen LogP contribution is -2.22. The fourth-order valence-electron chi connectivity index (χ4n) is 1.03. The fourth-order valence-corrected chi connectivity index (χ4v) is 1.03. The van der Waals surface area contributed by atoms with Gasteiger partial charge >= 0.3 is 0 Å². The number of aliphatic hydroxyl groups is 4. The van der Waals surface area contributed by atoms with Crippen molar-refractivity contribution in [2.45, 2.75) is 53.4 Å². The van der Waals surface area contributed by atoms with Crippen LogP contribution in [0, 0.1) is 0 Å². The standard InChI is InChI=1S/C6H14O4.C6H14O2.4C4H6O2/c7-1-3-9-5-6-10-4-2-8;7-5-3-1-2-4-6-8;4*1-3(2)4(5)6/h7-8H,1-6H2;7-8H,1-6H2;4*1H2,2H3,(H,5,6)/p-4. The van der Waals surface area contributed by atoms with Crippen LogP contribution < -0.4 is 20.4 Å². The molecule has 0 aliphatic rings. The SMILES string of the molecule is C=C(C)C(=O)[O-].C=C(C)C(=O)[O-].C=C(C)C(=O)[O-].C=C(C)C(=O)[O-].OCCCCCCO.OCCOCCOCCO. The molecule has 0 rings (SSSR count). The number of aliphatic carboxylic acids is 4. The molecule has 0 bridgehead atoms. The summed E-state index contributed by atoms with van der Waals surface area (Å²) in [6.07, 6.45) is 3.83. The topological polar surface area (TPSA) is 260 Å². The molecule has 0 fully saturated rings. The molecule has 4 N–H and O–H groups in total. The normalized spacial score (nSPS) is 8.57. The molecule has 0 heterocycles. The Balaban J connectivity index is -0.0000000938. The first kappa shape index (κ1) is 51.3. The molecule has 0 unspecified atom stereocenters. The van der Waals surface area contributed by atoms with E-state index in [0.717, 1.165) is 25.7 Å². The number of unbranched alkanes of at least 4 members (excludes halogenated alkanes) is 3. The van der Waals surface area contributed by atoms with Crippen LogP contribution in [0.25, 0.3) is 0 Å². The van der Waals surface area contributed by atoms with Gasteiger partial charge in [-0.15, -0.1) is 0 Å². The Morgan fingerprint density at radius 3 is 0.762 bits per heavy atom. The third-order valence-electron chi connectivity index (χ3n) is 3.30. The maximum absolute atomic E-state index is 9.49. The molecule has 0 saturated carbocycles. The van der Waals surface area contributed by atoms with Crippen LogP contribution in [0.15, 0.2) is 48.6 Å². The minimum atomic E-state index is -1.19. The van der Waals surface area contributed by atoms with Crippen molar-refractivity contribution in [2.24, 2.45) is 0 Å². The Morgan fingerprint density at radius 1 is 0.452 bits per heavy atom. The summed E-state index contributed by atoms with van der Waals surface area (Å²) in [5, 5.41) is 71.1. The van der Waals surface area contributed by atoms with Crippen LogP contribution in [0.4, 0.5) is 0 Å². The van der Waals surface area contributed by atoms with Gasteiger partial charge in [-0.25, -0.2) is 0 Å². The summed E-state index contributed by atoms with van der Waals surface area (Å²) in [5.74, 6) is -4.74. The van der Waals surface area contributed by atoms with Gasteiger partial charge in [0.15, 0.2) is 0 Å². The van der Waals surface area contributed by atoms with E-state index in [1.807, 2.05) is 0 Å². The predicted octanol–water partition coefficient (Wildman–Crippen LogP) is -3.21. The van der Waals surface area contributed by atoms with Gasteiger partial charge in [-0.1, -0.05) is 39.2 Å². The number of carbonyl (C=O) groups is 4. The van der Waals surface area contributed by atoms with Gasteiger partial charge < -0.3 is 69.5 Å². The van der Waals surface area contributed by atoms with Crippen molar-refractivity contribution in [3.63, 3.8) is 0 Å². The van der Waals surface area contributed by atoms with Crippen molar-refractivity contribution in [2.75, 3.05) is 52.9 Å². The number of aliphatic hydroxyl groups excluding tert-OH is 4. The summed E-state index contributed by atoms with van der Waals surface area (Å²) in [7, 11) is 0. The summed E-state index contributed by atoms with van der Waals surface area (Å²) in [6.45, 7) is 20.2. The van der Waals surface area contributed by atoms with Crippen LogP contribution in [0.5, 0.6) is 0 Å². The van der Waals surface area contributed by atoms with Crippen molar-refractivity contribution >= 4 is 23.9 Å². The summed E-state index contributed by atoms with van der Waals surface area (Å²) >= 11 is 0. The summed E-state index contributed by atoms with van der Waals surface area (Å²) in [6, 6.07) is 0. The van der Waals surface area contributed by atoms with Crippen molar-refractivity contribution in [3.8, 4) is 0 Å². The quantitative estimate of drug-likeness (QED) is 0.0993. The molecular weight excluding hydrogens is 560 g/mol. The molecule has 0 aliphatic heterocycles. The Kier molecular flexibility index (Phi) is 51.4. The number of carboxylic acid groups (broad SMARTS) is 4. The van der Waals surface area contributed by atoms with Crippen LogP contribution in [0.2, 0.25) is 0 Å². The van der Waals surface area contributed by atoms with Gasteiger partial charge in [-0.2, -0.15) is 0 Å². The van der Waals surface area contributed by atoms with E-state index in [1.54, 1.807) is 0 Å². The number of hydrogen-bond acceptors (Lipinski definition) is 14. The van der Waals surface area contributed by atoms with E-state index in [0.29, 0.717) is 26.4 Å². The summed E-state index contributed by atoms with van der Waals surface area (Å²) < 4.78 is 9.75. The molecule has 0 spiro atoms. The molecule has 0 aliphatic carbocycles. The van der Waals surface area contributed by atoms with Gasteiger partial charge in [0.05, 0.1) is 63.5 Å². The average molecular weight is 609 g/mol. The molecule has 0 atom stereocenters. The monoisotopic (exact) mass is 608 g/mol. The molecule has 42 heavy (non-hydrogen) atoms. The van der Waals surface area contributed by atoms with Crippen molar-refractivity contribution in [1.82, 2.24) is 0 Å². The number of carboxylic acids is 4. The molecule has 0 amide bonds. The zero-order chi connectivity index (χ0) is 34.5. The van der Waals surface area contributed by atoms with E-state index in [1.165, 1.54) is 27.7 Å². The minimum absolute atomic E-state index is 0.0417. The molecule has 0 aromatic carbocycles. The van der Waals surface area contributed by atoms with Crippen LogP contribution in [0.1, 0.15) is 53.4 Å². The van der Waals surface area contributed by atoms with Gasteiger partial charge in [0.25, 0.3) is 0 Å². The van der Waals surface area contributed by atoms with Gasteiger partial charge in [0, 0.05) is 13.2 Å². The summed E-state index contributed by atoms with van der Waals surface area (Å²) in [5.41, 5.74) is 0.259. The van der Waals surface area contributed by atoms with Gasteiger partial charge in [-0.05, 0) is 62.8 Å². The number of hydrogen-bond donors (Lipinski definition) is 4. The van der Waals surface area contributed by atoms with Crippen LogP contribution in [0.3, 0.4) is 0 Å². The zero-order valence-electron chi connectivity index (χ0n) is 25.2. The highest BCUT2D eigenvalue weighted by molar-refractivity contribution is 5.83. The Bertz CT molecular complexity index is 587. The first-order valence-corrected chi connectivity index (χ1v) is 12.5. The van der Waals surface area contributed by atoms with Crippen LogP contribution in [-0.2, 0) is 28.7 Å². The third-order valence-corrected chi connectivity index (χ3v) is 3.30. The Labute approximate surface area is 248 Å². The molecule has 0 aromatic rings. The van der Waals surface area contributed by atoms with E-state index in [-0.39, 0.29) is 48.7 Å². The molecule has 14 heteroatoms. The second-order valence-electron chi connectivity index (χ2n) is 7.80. The molecule has 248 valence electrons. The lowest BCUT2D eigenvalue weighted by molar-refractivity contribution is -0.300. The minimum Gasteiger partial charge on any atom is -0.545 e. The van der Waals surface area contributed by atoms with E-state index in [4.69, 9.17) is 29.9 Å². The molecular formula is C28H48O14-4. The Morgan fingerprint density at radius 2 is 0.643 bits per heavy atom. The van der Waals surface area contributed by atoms with E-state index < -0.39 is 23.9 Å². The highest BCUT2D eigenvalue weighted by Gasteiger charge is 1.87. The lowest BCUT2D eigenvalue weighted by atomic mass is 10.2. The largest absolute Gasteiger partial charge is 0.545 e. The van der Waals surface area contributed by atoms with Crippen molar-refractivity contribution < 1.29 is 69.5 Å².